The Balaban J connectivity index is 0.00000198. The van der Waals surface area contributed by atoms with E-state index in [1.165, 1.54) is 44.5 Å². The van der Waals surface area contributed by atoms with E-state index in [0.717, 1.165) is 32.1 Å². The number of allylic oxidation sites excluding steroid dienone is 7. The molecule has 0 bridgehead atoms. The molecule has 0 aromatic heterocycles. The van der Waals surface area contributed by atoms with Gasteiger partial charge in [-0.3, -0.25) is 0 Å². The van der Waals surface area contributed by atoms with Crippen LogP contribution < -0.4 is 0 Å². The van der Waals surface area contributed by atoms with E-state index in [1.54, 1.807) is 0 Å². The van der Waals surface area contributed by atoms with Crippen molar-refractivity contribution >= 4 is 17.7 Å². The highest BCUT2D eigenvalue weighted by Crippen LogP contribution is 2.39. The van der Waals surface area contributed by atoms with Crippen LogP contribution >= 0.6 is 0 Å². The van der Waals surface area contributed by atoms with E-state index in [4.69, 9.17) is 0 Å². The third-order valence-electron chi connectivity index (χ3n) is 5.37. The SMILES string of the molecule is C=CCc1c2c(c(/C=C\CC)c(C)c1C(/C=C\C)=C(/C)CC)C=CCC2.CC.CC. The number of hydrogen-bond donors (Lipinski definition) is 0. The maximum atomic E-state index is 4.05. The van der Waals surface area contributed by atoms with Crippen molar-refractivity contribution < 1.29 is 0 Å². The molecule has 0 heteroatoms. The van der Waals surface area contributed by atoms with Crippen molar-refractivity contribution in [1.82, 2.24) is 0 Å². The lowest BCUT2D eigenvalue weighted by molar-refractivity contribution is 0.951. The van der Waals surface area contributed by atoms with Gasteiger partial charge in [-0.25, -0.2) is 0 Å². The quantitative estimate of drug-likeness (QED) is 0.312. The van der Waals surface area contributed by atoms with Gasteiger partial charge in [0, 0.05) is 0 Å². The summed E-state index contributed by atoms with van der Waals surface area (Å²) in [5.41, 5.74) is 11.5. The van der Waals surface area contributed by atoms with Gasteiger partial charge in [0.05, 0.1) is 0 Å². The van der Waals surface area contributed by atoms with Gasteiger partial charge in [0.25, 0.3) is 0 Å². The van der Waals surface area contributed by atoms with Gasteiger partial charge in [-0.05, 0) is 91.8 Å². The van der Waals surface area contributed by atoms with E-state index in [2.05, 4.69) is 83.7 Å². The van der Waals surface area contributed by atoms with E-state index in [-0.39, 0.29) is 0 Å². The van der Waals surface area contributed by atoms with Gasteiger partial charge >= 0.3 is 0 Å². The Bertz CT molecular complexity index is 779. The molecule has 0 saturated heterocycles. The molecule has 2 rings (SSSR count). The summed E-state index contributed by atoms with van der Waals surface area (Å²) in [7, 11) is 0. The summed E-state index contributed by atoms with van der Waals surface area (Å²) in [6, 6.07) is 0. The average molecular weight is 407 g/mol. The number of fused-ring (bicyclic) bond motifs is 1. The predicted octanol–water partition coefficient (Wildman–Crippen LogP) is 9.92. The number of benzene rings is 1. The molecule has 0 nitrogen and oxygen atoms in total. The van der Waals surface area contributed by atoms with Crippen molar-refractivity contribution in [2.45, 2.75) is 94.4 Å². The first-order valence-electron chi connectivity index (χ1n) is 12.1. The molecule has 0 unspecified atom stereocenters. The molecule has 0 N–H and O–H groups in total. The number of hydrogen-bond acceptors (Lipinski definition) is 0. The molecule has 0 aliphatic heterocycles. The topological polar surface area (TPSA) is 0 Å². The van der Waals surface area contributed by atoms with Crippen LogP contribution in [0.3, 0.4) is 0 Å². The second-order valence-corrected chi connectivity index (χ2v) is 7.08. The molecule has 0 spiro atoms. The van der Waals surface area contributed by atoms with Crippen LogP contribution in [0.4, 0.5) is 0 Å². The molecule has 0 heterocycles. The second-order valence-electron chi connectivity index (χ2n) is 7.08. The average Bonchev–Trinajstić information content (AvgIpc) is 2.80. The molecule has 0 fully saturated rings. The van der Waals surface area contributed by atoms with Crippen LogP contribution in [0.2, 0.25) is 0 Å². The second kappa shape index (κ2) is 15.7. The Kier molecular flexibility index (Phi) is 14.6. The van der Waals surface area contributed by atoms with Gasteiger partial charge in [0.15, 0.2) is 0 Å². The lowest BCUT2D eigenvalue weighted by atomic mass is 9.78. The Hall–Kier alpha value is -2.08. The lowest BCUT2D eigenvalue weighted by Crippen LogP contribution is -2.10. The molecule has 166 valence electrons. The predicted molar refractivity (Wildman–Crippen MR) is 142 cm³/mol. The molecular formula is C30H46. The van der Waals surface area contributed by atoms with Gasteiger partial charge in [-0.1, -0.05) is 89.6 Å². The van der Waals surface area contributed by atoms with Crippen LogP contribution in [0.15, 0.2) is 42.5 Å². The Morgan fingerprint density at radius 2 is 1.80 bits per heavy atom. The fraction of sp³-hybridized carbons (Fsp3) is 0.467. The summed E-state index contributed by atoms with van der Waals surface area (Å²) in [6.45, 7) is 23.2. The zero-order chi connectivity index (χ0) is 23.1. The van der Waals surface area contributed by atoms with E-state index >= 15 is 0 Å². The van der Waals surface area contributed by atoms with E-state index in [1.807, 2.05) is 27.7 Å². The van der Waals surface area contributed by atoms with Crippen molar-refractivity contribution in [2.75, 3.05) is 0 Å². The Morgan fingerprint density at radius 1 is 1.13 bits per heavy atom. The smallest absolute Gasteiger partial charge is 0.00909 e. The van der Waals surface area contributed by atoms with Crippen LogP contribution in [0.1, 0.15) is 108 Å². The van der Waals surface area contributed by atoms with Gasteiger partial charge in [0.2, 0.25) is 0 Å². The minimum atomic E-state index is 0.933. The maximum Gasteiger partial charge on any atom is -0.00909 e. The molecule has 0 atom stereocenters. The number of rotatable bonds is 7. The van der Waals surface area contributed by atoms with Gasteiger partial charge in [0.1, 0.15) is 0 Å². The van der Waals surface area contributed by atoms with Crippen LogP contribution in [0, 0.1) is 6.92 Å². The van der Waals surface area contributed by atoms with Gasteiger partial charge < -0.3 is 0 Å². The lowest BCUT2D eigenvalue weighted by Gasteiger charge is -2.26. The van der Waals surface area contributed by atoms with E-state index < -0.39 is 0 Å². The van der Waals surface area contributed by atoms with Crippen LogP contribution in [-0.2, 0) is 12.8 Å². The summed E-state index contributed by atoms with van der Waals surface area (Å²) < 4.78 is 0. The summed E-state index contributed by atoms with van der Waals surface area (Å²) in [5.74, 6) is 0. The van der Waals surface area contributed by atoms with Crippen molar-refractivity contribution in [3.63, 3.8) is 0 Å². The molecule has 1 aliphatic carbocycles. The Morgan fingerprint density at radius 3 is 2.33 bits per heavy atom. The largest absolute Gasteiger partial charge is 0.103 e. The highest BCUT2D eigenvalue weighted by atomic mass is 14.3. The summed E-state index contributed by atoms with van der Waals surface area (Å²) in [5, 5.41) is 0. The molecule has 0 amide bonds. The maximum absolute atomic E-state index is 4.05. The standard InChI is InChI=1S/C26H34.2C2H6/c1-7-11-16-22-20(6)26(21(14-8-2)19(5)10-4)25(15-9-3)24-18-13-12-17-23(22)24;2*1-2/h8-9,11-12,14,16-17H,3,7,10,13,15,18H2,1-2,4-6H3;2*1-2H3/b14-8-,16-11-,21-19-;;. The summed E-state index contributed by atoms with van der Waals surface area (Å²) in [4.78, 5) is 0. The summed E-state index contributed by atoms with van der Waals surface area (Å²) >= 11 is 0. The fourth-order valence-corrected chi connectivity index (χ4v) is 3.92. The zero-order valence-electron chi connectivity index (χ0n) is 21.3. The molecule has 1 aromatic rings. The molecule has 1 aliphatic rings. The van der Waals surface area contributed by atoms with Crippen LogP contribution in [0.5, 0.6) is 0 Å². The first-order valence-corrected chi connectivity index (χ1v) is 12.1. The molecule has 0 saturated carbocycles. The van der Waals surface area contributed by atoms with E-state index in [0.29, 0.717) is 0 Å². The third kappa shape index (κ3) is 6.73. The first kappa shape index (κ1) is 27.9. The highest BCUT2D eigenvalue weighted by Gasteiger charge is 2.22. The van der Waals surface area contributed by atoms with Gasteiger partial charge in [-0.15, -0.1) is 6.58 Å². The third-order valence-corrected chi connectivity index (χ3v) is 5.37. The van der Waals surface area contributed by atoms with Crippen LogP contribution in [-0.4, -0.2) is 0 Å². The van der Waals surface area contributed by atoms with E-state index in [9.17, 15) is 0 Å². The minimum absolute atomic E-state index is 0.933. The minimum Gasteiger partial charge on any atom is -0.103 e. The highest BCUT2D eigenvalue weighted by molar-refractivity contribution is 5.86. The molecular weight excluding hydrogens is 360 g/mol. The normalized spacial score (nSPS) is 13.2. The summed E-state index contributed by atoms with van der Waals surface area (Å²) in [6.07, 6.45) is 21.1. The van der Waals surface area contributed by atoms with Crippen molar-refractivity contribution in [1.29, 1.82) is 0 Å². The molecule has 1 aromatic carbocycles. The molecule has 30 heavy (non-hydrogen) atoms. The Labute approximate surface area is 188 Å². The first-order chi connectivity index (χ1) is 14.6. The fourth-order valence-electron chi connectivity index (χ4n) is 3.92. The zero-order valence-corrected chi connectivity index (χ0v) is 21.3. The van der Waals surface area contributed by atoms with Gasteiger partial charge in [-0.2, -0.15) is 0 Å². The van der Waals surface area contributed by atoms with Crippen molar-refractivity contribution in [2.24, 2.45) is 0 Å². The van der Waals surface area contributed by atoms with Crippen molar-refractivity contribution in [3.05, 3.63) is 75.9 Å². The van der Waals surface area contributed by atoms with Crippen LogP contribution in [0.25, 0.3) is 17.7 Å². The molecule has 0 radical (unpaired) electrons. The monoisotopic (exact) mass is 406 g/mol. The van der Waals surface area contributed by atoms with Crippen molar-refractivity contribution in [3.8, 4) is 0 Å².